The summed E-state index contributed by atoms with van der Waals surface area (Å²) in [4.78, 5) is 0. The van der Waals surface area contributed by atoms with Gasteiger partial charge in [-0.3, -0.25) is 0 Å². The van der Waals surface area contributed by atoms with Crippen LogP contribution in [0.3, 0.4) is 0 Å². The SMILES string of the molecule is CC(C)(C)[C@@H](N)c1ccc2c(c1)OCO2.Cl. The summed E-state index contributed by atoms with van der Waals surface area (Å²) in [6, 6.07) is 5.90. The van der Waals surface area contributed by atoms with Gasteiger partial charge in [-0.05, 0) is 23.1 Å². The number of halogens is 1. The monoisotopic (exact) mass is 243 g/mol. The average molecular weight is 244 g/mol. The molecule has 1 aliphatic heterocycles. The summed E-state index contributed by atoms with van der Waals surface area (Å²) in [6.07, 6.45) is 0. The summed E-state index contributed by atoms with van der Waals surface area (Å²) in [5.41, 5.74) is 7.31. The third-order valence-corrected chi connectivity index (χ3v) is 2.69. The van der Waals surface area contributed by atoms with Crippen LogP contribution in [0.25, 0.3) is 0 Å². The van der Waals surface area contributed by atoms with E-state index in [-0.39, 0.29) is 23.9 Å². The van der Waals surface area contributed by atoms with Crippen molar-refractivity contribution in [1.29, 1.82) is 0 Å². The van der Waals surface area contributed by atoms with E-state index in [2.05, 4.69) is 20.8 Å². The van der Waals surface area contributed by atoms with Crippen molar-refractivity contribution in [2.75, 3.05) is 6.79 Å². The Labute approximate surface area is 102 Å². The maximum Gasteiger partial charge on any atom is 0.231 e. The number of fused-ring (bicyclic) bond motifs is 1. The molecule has 0 radical (unpaired) electrons. The molecule has 2 N–H and O–H groups in total. The van der Waals surface area contributed by atoms with E-state index in [1.165, 1.54) is 0 Å². The van der Waals surface area contributed by atoms with Crippen LogP contribution in [0.4, 0.5) is 0 Å². The summed E-state index contributed by atoms with van der Waals surface area (Å²) >= 11 is 0. The molecule has 0 amide bonds. The van der Waals surface area contributed by atoms with Crippen molar-refractivity contribution in [3.05, 3.63) is 23.8 Å². The Hall–Kier alpha value is -0.930. The van der Waals surface area contributed by atoms with Gasteiger partial charge in [0.05, 0.1) is 0 Å². The number of hydrogen-bond donors (Lipinski definition) is 1. The van der Waals surface area contributed by atoms with Gasteiger partial charge in [0.2, 0.25) is 6.79 Å². The van der Waals surface area contributed by atoms with E-state index in [0.717, 1.165) is 17.1 Å². The molecule has 0 aromatic heterocycles. The third kappa shape index (κ3) is 2.42. The summed E-state index contributed by atoms with van der Waals surface area (Å²) < 4.78 is 10.6. The van der Waals surface area contributed by atoms with Crippen LogP contribution in [-0.2, 0) is 0 Å². The molecular weight excluding hydrogens is 226 g/mol. The lowest BCUT2D eigenvalue weighted by Gasteiger charge is -2.27. The van der Waals surface area contributed by atoms with Gasteiger partial charge in [0.25, 0.3) is 0 Å². The Kier molecular flexibility index (Phi) is 3.71. The van der Waals surface area contributed by atoms with E-state index >= 15 is 0 Å². The molecule has 3 nitrogen and oxygen atoms in total. The van der Waals surface area contributed by atoms with Crippen LogP contribution < -0.4 is 15.2 Å². The highest BCUT2D eigenvalue weighted by Crippen LogP contribution is 2.37. The molecular formula is C12H18ClNO2. The van der Waals surface area contributed by atoms with Crippen LogP contribution in [0.1, 0.15) is 32.4 Å². The Morgan fingerprint density at radius 1 is 1.19 bits per heavy atom. The molecule has 1 aliphatic rings. The molecule has 0 aliphatic carbocycles. The Morgan fingerprint density at radius 2 is 1.81 bits per heavy atom. The number of hydrogen-bond acceptors (Lipinski definition) is 3. The quantitative estimate of drug-likeness (QED) is 0.825. The minimum absolute atomic E-state index is 0. The Bertz CT molecular complexity index is 374. The first-order valence-electron chi connectivity index (χ1n) is 5.13. The van der Waals surface area contributed by atoms with Gasteiger partial charge in [0.15, 0.2) is 11.5 Å². The standard InChI is InChI=1S/C12H17NO2.ClH/c1-12(2,3)11(13)8-4-5-9-10(6-8)15-7-14-9;/h4-6,11H,7,13H2,1-3H3;1H/t11-;/m0./s1. The van der Waals surface area contributed by atoms with Crippen LogP contribution >= 0.6 is 12.4 Å². The topological polar surface area (TPSA) is 44.5 Å². The molecule has 0 unspecified atom stereocenters. The molecule has 2 rings (SSSR count). The van der Waals surface area contributed by atoms with Gasteiger partial charge in [0.1, 0.15) is 0 Å². The maximum absolute atomic E-state index is 6.17. The van der Waals surface area contributed by atoms with Crippen molar-refractivity contribution in [2.45, 2.75) is 26.8 Å². The largest absolute Gasteiger partial charge is 0.454 e. The van der Waals surface area contributed by atoms with Crippen molar-refractivity contribution >= 4 is 12.4 Å². The van der Waals surface area contributed by atoms with E-state index in [1.54, 1.807) is 0 Å². The second-order valence-electron chi connectivity index (χ2n) is 4.96. The minimum Gasteiger partial charge on any atom is -0.454 e. The van der Waals surface area contributed by atoms with E-state index in [9.17, 15) is 0 Å². The van der Waals surface area contributed by atoms with Gasteiger partial charge in [-0.25, -0.2) is 0 Å². The molecule has 0 spiro atoms. The first-order valence-corrected chi connectivity index (χ1v) is 5.13. The smallest absolute Gasteiger partial charge is 0.231 e. The highest BCUT2D eigenvalue weighted by Gasteiger charge is 2.24. The van der Waals surface area contributed by atoms with Crippen LogP contribution in [0.2, 0.25) is 0 Å². The molecule has 0 bridgehead atoms. The Balaban J connectivity index is 0.00000128. The van der Waals surface area contributed by atoms with Gasteiger partial charge in [0, 0.05) is 6.04 Å². The van der Waals surface area contributed by atoms with Gasteiger partial charge in [-0.2, -0.15) is 0 Å². The lowest BCUT2D eigenvalue weighted by molar-refractivity contribution is 0.174. The van der Waals surface area contributed by atoms with Gasteiger partial charge < -0.3 is 15.2 Å². The third-order valence-electron chi connectivity index (χ3n) is 2.69. The lowest BCUT2D eigenvalue weighted by Crippen LogP contribution is -2.26. The number of benzene rings is 1. The molecule has 1 atom stereocenters. The fourth-order valence-electron chi connectivity index (χ4n) is 1.61. The van der Waals surface area contributed by atoms with Crippen molar-refractivity contribution in [3.63, 3.8) is 0 Å². The summed E-state index contributed by atoms with van der Waals surface area (Å²) in [6.45, 7) is 6.69. The van der Waals surface area contributed by atoms with E-state index in [0.29, 0.717) is 6.79 Å². The zero-order valence-electron chi connectivity index (χ0n) is 9.82. The van der Waals surface area contributed by atoms with Crippen molar-refractivity contribution in [3.8, 4) is 11.5 Å². The molecule has 1 aromatic rings. The van der Waals surface area contributed by atoms with Gasteiger partial charge in [-0.15, -0.1) is 12.4 Å². The minimum atomic E-state index is 0. The molecule has 4 heteroatoms. The summed E-state index contributed by atoms with van der Waals surface area (Å²) in [7, 11) is 0. The fraction of sp³-hybridized carbons (Fsp3) is 0.500. The molecule has 1 heterocycles. The first kappa shape index (κ1) is 13.1. The predicted molar refractivity (Wildman–Crippen MR) is 66.2 cm³/mol. The van der Waals surface area contributed by atoms with Crippen LogP contribution in [0.5, 0.6) is 11.5 Å². The molecule has 1 aromatic carbocycles. The van der Waals surface area contributed by atoms with Gasteiger partial charge in [-0.1, -0.05) is 26.8 Å². The lowest BCUT2D eigenvalue weighted by atomic mass is 9.83. The molecule has 0 saturated heterocycles. The van der Waals surface area contributed by atoms with Crippen molar-refractivity contribution in [1.82, 2.24) is 0 Å². The average Bonchev–Trinajstić information content (AvgIpc) is 2.61. The Morgan fingerprint density at radius 3 is 2.44 bits per heavy atom. The van der Waals surface area contributed by atoms with E-state index < -0.39 is 0 Å². The molecule has 0 fully saturated rings. The van der Waals surface area contributed by atoms with Crippen LogP contribution in [0, 0.1) is 5.41 Å². The number of nitrogens with two attached hydrogens (primary N) is 1. The summed E-state index contributed by atoms with van der Waals surface area (Å²) in [5, 5.41) is 0. The summed E-state index contributed by atoms with van der Waals surface area (Å²) in [5.74, 6) is 1.60. The zero-order valence-corrected chi connectivity index (χ0v) is 10.6. The maximum atomic E-state index is 6.17. The first-order chi connectivity index (χ1) is 6.98. The molecule has 90 valence electrons. The fourth-order valence-corrected chi connectivity index (χ4v) is 1.61. The second-order valence-corrected chi connectivity index (χ2v) is 4.96. The van der Waals surface area contributed by atoms with Crippen molar-refractivity contribution < 1.29 is 9.47 Å². The van der Waals surface area contributed by atoms with Gasteiger partial charge >= 0.3 is 0 Å². The van der Waals surface area contributed by atoms with E-state index in [4.69, 9.17) is 15.2 Å². The predicted octanol–water partition coefficient (Wildman–Crippen LogP) is 2.88. The molecule has 16 heavy (non-hydrogen) atoms. The highest BCUT2D eigenvalue weighted by atomic mass is 35.5. The normalized spacial score (nSPS) is 15.5. The molecule has 0 saturated carbocycles. The van der Waals surface area contributed by atoms with Crippen LogP contribution in [0.15, 0.2) is 18.2 Å². The van der Waals surface area contributed by atoms with E-state index in [1.807, 2.05) is 18.2 Å². The van der Waals surface area contributed by atoms with Crippen LogP contribution in [-0.4, -0.2) is 6.79 Å². The second kappa shape index (κ2) is 4.52. The zero-order chi connectivity index (χ0) is 11.1. The highest BCUT2D eigenvalue weighted by molar-refractivity contribution is 5.85. The number of ether oxygens (including phenoxy) is 2. The number of rotatable bonds is 1. The van der Waals surface area contributed by atoms with Crippen molar-refractivity contribution in [2.24, 2.45) is 11.1 Å².